The third kappa shape index (κ3) is 5.41. The third-order valence-electron chi connectivity index (χ3n) is 4.73. The summed E-state index contributed by atoms with van der Waals surface area (Å²) in [6.07, 6.45) is 9.45. The van der Waals surface area contributed by atoms with Crippen molar-refractivity contribution in [2.45, 2.75) is 70.4 Å². The Morgan fingerprint density at radius 1 is 1.25 bits per heavy atom. The Hall–Kier alpha value is -0.610. The first-order chi connectivity index (χ1) is 9.75. The molecule has 116 valence electrons. The molecule has 1 amide bonds. The summed E-state index contributed by atoms with van der Waals surface area (Å²) >= 11 is 0. The van der Waals surface area contributed by atoms with Crippen molar-refractivity contribution in [3.05, 3.63) is 0 Å². The molecule has 0 aromatic carbocycles. The number of rotatable bonds is 6. The van der Waals surface area contributed by atoms with Crippen molar-refractivity contribution < 1.29 is 4.79 Å². The van der Waals surface area contributed by atoms with E-state index in [0.717, 1.165) is 38.5 Å². The molecule has 0 spiro atoms. The standard InChI is InChI=1S/C16H31N3O/c1-14-7-3-5-11-19(14)12-6-10-18-16(20)13-15-8-2-4-9-17-15/h14-15,17H,2-13H2,1H3,(H,18,20). The number of carbonyl (C=O) groups excluding carboxylic acids is 1. The van der Waals surface area contributed by atoms with Crippen molar-refractivity contribution in [3.63, 3.8) is 0 Å². The zero-order valence-electron chi connectivity index (χ0n) is 13.0. The normalized spacial score (nSPS) is 28.2. The molecule has 2 heterocycles. The molecule has 2 fully saturated rings. The highest BCUT2D eigenvalue weighted by atomic mass is 16.1. The summed E-state index contributed by atoms with van der Waals surface area (Å²) < 4.78 is 0. The number of hydrogen-bond acceptors (Lipinski definition) is 3. The van der Waals surface area contributed by atoms with Crippen molar-refractivity contribution in [2.75, 3.05) is 26.2 Å². The molecule has 0 radical (unpaired) electrons. The molecule has 2 N–H and O–H groups in total. The van der Waals surface area contributed by atoms with Gasteiger partial charge in [0, 0.05) is 31.6 Å². The summed E-state index contributed by atoms with van der Waals surface area (Å²) in [7, 11) is 0. The maximum absolute atomic E-state index is 11.9. The predicted octanol–water partition coefficient (Wildman–Crippen LogP) is 1.90. The number of likely N-dealkylation sites (tertiary alicyclic amines) is 1. The molecule has 4 heteroatoms. The van der Waals surface area contributed by atoms with E-state index in [1.54, 1.807) is 0 Å². The molecule has 2 aliphatic rings. The van der Waals surface area contributed by atoms with Gasteiger partial charge in [-0.25, -0.2) is 0 Å². The number of amides is 1. The fraction of sp³-hybridized carbons (Fsp3) is 0.938. The molecule has 4 nitrogen and oxygen atoms in total. The van der Waals surface area contributed by atoms with E-state index >= 15 is 0 Å². The van der Waals surface area contributed by atoms with Gasteiger partial charge in [0.1, 0.15) is 0 Å². The Labute approximate surface area is 123 Å². The fourth-order valence-electron chi connectivity index (χ4n) is 3.39. The van der Waals surface area contributed by atoms with Gasteiger partial charge in [0.25, 0.3) is 0 Å². The van der Waals surface area contributed by atoms with Crippen LogP contribution in [0.5, 0.6) is 0 Å². The molecule has 2 rings (SSSR count). The second-order valence-corrected chi connectivity index (χ2v) is 6.44. The molecule has 0 aromatic heterocycles. The van der Waals surface area contributed by atoms with E-state index in [-0.39, 0.29) is 5.91 Å². The molecule has 0 saturated carbocycles. The first kappa shape index (κ1) is 15.8. The van der Waals surface area contributed by atoms with Gasteiger partial charge in [-0.15, -0.1) is 0 Å². The third-order valence-corrected chi connectivity index (χ3v) is 4.73. The number of hydrogen-bond donors (Lipinski definition) is 2. The average molecular weight is 281 g/mol. The summed E-state index contributed by atoms with van der Waals surface area (Å²) in [5.41, 5.74) is 0. The molecule has 2 saturated heterocycles. The van der Waals surface area contributed by atoms with E-state index < -0.39 is 0 Å². The van der Waals surface area contributed by atoms with Crippen LogP contribution in [0.2, 0.25) is 0 Å². The van der Waals surface area contributed by atoms with Crippen molar-refractivity contribution in [3.8, 4) is 0 Å². The molecular weight excluding hydrogens is 250 g/mol. The van der Waals surface area contributed by atoms with Gasteiger partial charge in [-0.05, 0) is 52.1 Å². The number of nitrogens with one attached hydrogen (secondary N) is 2. The van der Waals surface area contributed by atoms with Gasteiger partial charge in [-0.1, -0.05) is 12.8 Å². The monoisotopic (exact) mass is 281 g/mol. The number of nitrogens with zero attached hydrogens (tertiary/aromatic N) is 1. The lowest BCUT2D eigenvalue weighted by Gasteiger charge is -2.33. The Kier molecular flexibility index (Phi) is 6.80. The van der Waals surface area contributed by atoms with Crippen molar-refractivity contribution >= 4 is 5.91 Å². The lowest BCUT2D eigenvalue weighted by atomic mass is 10.0. The molecule has 0 bridgehead atoms. The second-order valence-electron chi connectivity index (χ2n) is 6.44. The second kappa shape index (κ2) is 8.63. The van der Waals surface area contributed by atoms with E-state index in [2.05, 4.69) is 22.5 Å². The fourth-order valence-corrected chi connectivity index (χ4v) is 3.39. The number of piperidine rings is 2. The first-order valence-electron chi connectivity index (χ1n) is 8.50. The Bertz CT molecular complexity index is 289. The van der Waals surface area contributed by atoms with E-state index in [1.807, 2.05) is 0 Å². The summed E-state index contributed by atoms with van der Waals surface area (Å²) in [6.45, 7) is 6.59. The van der Waals surface area contributed by atoms with Crippen LogP contribution in [0.1, 0.15) is 58.3 Å². The number of carbonyl (C=O) groups is 1. The van der Waals surface area contributed by atoms with Gasteiger partial charge in [0.2, 0.25) is 5.91 Å². The quantitative estimate of drug-likeness (QED) is 0.731. The van der Waals surface area contributed by atoms with Gasteiger partial charge in [-0.3, -0.25) is 4.79 Å². The van der Waals surface area contributed by atoms with Crippen LogP contribution in [0.3, 0.4) is 0 Å². The van der Waals surface area contributed by atoms with Crippen molar-refractivity contribution in [1.82, 2.24) is 15.5 Å². The summed E-state index contributed by atoms with van der Waals surface area (Å²) in [5.74, 6) is 0.219. The lowest BCUT2D eigenvalue weighted by molar-refractivity contribution is -0.121. The summed E-state index contributed by atoms with van der Waals surface area (Å²) in [4.78, 5) is 14.4. The van der Waals surface area contributed by atoms with Crippen molar-refractivity contribution in [1.29, 1.82) is 0 Å². The minimum Gasteiger partial charge on any atom is -0.356 e. The van der Waals surface area contributed by atoms with Crippen LogP contribution in [0.25, 0.3) is 0 Å². The van der Waals surface area contributed by atoms with Crippen molar-refractivity contribution in [2.24, 2.45) is 0 Å². The van der Waals surface area contributed by atoms with Crippen LogP contribution in [0, 0.1) is 0 Å². The van der Waals surface area contributed by atoms with Gasteiger partial charge in [0.05, 0.1) is 0 Å². The van der Waals surface area contributed by atoms with Crippen LogP contribution in [-0.4, -0.2) is 49.1 Å². The van der Waals surface area contributed by atoms with E-state index in [9.17, 15) is 4.79 Å². The van der Waals surface area contributed by atoms with Gasteiger partial charge < -0.3 is 15.5 Å². The first-order valence-corrected chi connectivity index (χ1v) is 8.50. The molecule has 0 aliphatic carbocycles. The molecule has 2 unspecified atom stereocenters. The molecule has 2 atom stereocenters. The topological polar surface area (TPSA) is 44.4 Å². The van der Waals surface area contributed by atoms with E-state index in [1.165, 1.54) is 38.6 Å². The minimum atomic E-state index is 0.219. The average Bonchev–Trinajstić information content (AvgIpc) is 2.46. The maximum atomic E-state index is 11.9. The Morgan fingerprint density at radius 3 is 2.85 bits per heavy atom. The van der Waals surface area contributed by atoms with Crippen LogP contribution in [0.4, 0.5) is 0 Å². The van der Waals surface area contributed by atoms with Crippen LogP contribution in [-0.2, 0) is 4.79 Å². The maximum Gasteiger partial charge on any atom is 0.221 e. The SMILES string of the molecule is CC1CCCCN1CCCNC(=O)CC1CCCCN1. The highest BCUT2D eigenvalue weighted by Crippen LogP contribution is 2.16. The molecule has 0 aromatic rings. The predicted molar refractivity (Wildman–Crippen MR) is 82.8 cm³/mol. The molecular formula is C16H31N3O. The zero-order chi connectivity index (χ0) is 14.2. The largest absolute Gasteiger partial charge is 0.356 e. The highest BCUT2D eigenvalue weighted by Gasteiger charge is 2.18. The Morgan fingerprint density at radius 2 is 2.10 bits per heavy atom. The minimum absolute atomic E-state index is 0.219. The van der Waals surface area contributed by atoms with E-state index in [4.69, 9.17) is 0 Å². The van der Waals surface area contributed by atoms with Gasteiger partial charge >= 0.3 is 0 Å². The summed E-state index contributed by atoms with van der Waals surface area (Å²) in [5, 5.41) is 6.51. The van der Waals surface area contributed by atoms with Gasteiger partial charge in [-0.2, -0.15) is 0 Å². The van der Waals surface area contributed by atoms with Crippen LogP contribution < -0.4 is 10.6 Å². The van der Waals surface area contributed by atoms with Gasteiger partial charge in [0.15, 0.2) is 0 Å². The lowest BCUT2D eigenvalue weighted by Crippen LogP contribution is -2.40. The highest BCUT2D eigenvalue weighted by molar-refractivity contribution is 5.76. The van der Waals surface area contributed by atoms with E-state index in [0.29, 0.717) is 12.5 Å². The summed E-state index contributed by atoms with van der Waals surface area (Å²) in [6, 6.07) is 1.14. The Balaban J connectivity index is 1.52. The zero-order valence-corrected chi connectivity index (χ0v) is 13.0. The van der Waals surface area contributed by atoms with Crippen LogP contribution in [0.15, 0.2) is 0 Å². The van der Waals surface area contributed by atoms with Crippen LogP contribution >= 0.6 is 0 Å². The smallest absolute Gasteiger partial charge is 0.221 e. The molecule has 2 aliphatic heterocycles. The molecule has 20 heavy (non-hydrogen) atoms.